The predicted molar refractivity (Wildman–Crippen MR) is 99.8 cm³/mol. The standard InChI is InChI=1S/C17H20N4O5S/c1-2-26-15-8-7-13(19-17-14(21(22)23)6-5-9-18-17)12-16(15)27(24,25)20-10-3-4-11-20/h5-9,12H,2-4,10-11H2,1H3,(H,18,19). The summed E-state index contributed by atoms with van der Waals surface area (Å²) in [6, 6.07) is 7.36. The lowest BCUT2D eigenvalue weighted by Crippen LogP contribution is -2.28. The van der Waals surface area contributed by atoms with Crippen LogP contribution in [-0.4, -0.2) is 42.3 Å². The first-order valence-electron chi connectivity index (χ1n) is 8.57. The summed E-state index contributed by atoms with van der Waals surface area (Å²) in [6.07, 6.45) is 3.06. The van der Waals surface area contributed by atoms with E-state index in [0.717, 1.165) is 12.8 Å². The van der Waals surface area contributed by atoms with Crippen LogP contribution in [0.1, 0.15) is 19.8 Å². The second-order valence-electron chi connectivity index (χ2n) is 5.96. The van der Waals surface area contributed by atoms with Crippen LogP contribution in [0.2, 0.25) is 0 Å². The van der Waals surface area contributed by atoms with Crippen molar-refractivity contribution in [3.8, 4) is 5.75 Å². The van der Waals surface area contributed by atoms with Crippen LogP contribution in [0.15, 0.2) is 41.4 Å². The molecule has 144 valence electrons. The highest BCUT2D eigenvalue weighted by molar-refractivity contribution is 7.89. The van der Waals surface area contributed by atoms with Crippen LogP contribution in [0.5, 0.6) is 5.75 Å². The average molecular weight is 392 g/mol. The van der Waals surface area contributed by atoms with Crippen molar-refractivity contribution in [2.75, 3.05) is 25.0 Å². The molecule has 1 saturated heterocycles. The molecule has 2 heterocycles. The number of aromatic nitrogens is 1. The van der Waals surface area contributed by atoms with Crippen LogP contribution in [0.25, 0.3) is 0 Å². The largest absolute Gasteiger partial charge is 0.492 e. The van der Waals surface area contributed by atoms with Crippen LogP contribution >= 0.6 is 0 Å². The van der Waals surface area contributed by atoms with E-state index in [1.165, 1.54) is 28.7 Å². The molecule has 9 nitrogen and oxygen atoms in total. The van der Waals surface area contributed by atoms with Crippen LogP contribution in [-0.2, 0) is 10.0 Å². The van der Waals surface area contributed by atoms with Gasteiger partial charge < -0.3 is 10.1 Å². The Balaban J connectivity index is 2.00. The number of hydrogen-bond acceptors (Lipinski definition) is 7. The van der Waals surface area contributed by atoms with E-state index in [-0.39, 0.29) is 22.2 Å². The van der Waals surface area contributed by atoms with E-state index in [9.17, 15) is 18.5 Å². The van der Waals surface area contributed by atoms with Crippen molar-refractivity contribution in [3.63, 3.8) is 0 Å². The third kappa shape index (κ3) is 4.01. The molecule has 0 unspecified atom stereocenters. The Kier molecular flexibility index (Phi) is 5.57. The number of pyridine rings is 1. The number of hydrogen-bond donors (Lipinski definition) is 1. The van der Waals surface area contributed by atoms with Crippen LogP contribution in [0.3, 0.4) is 0 Å². The zero-order valence-corrected chi connectivity index (χ0v) is 15.6. The minimum atomic E-state index is -3.72. The first-order chi connectivity index (χ1) is 12.9. The maximum absolute atomic E-state index is 13.0. The number of nitrogens with one attached hydrogen (secondary N) is 1. The molecule has 0 atom stereocenters. The Morgan fingerprint density at radius 2 is 2.04 bits per heavy atom. The summed E-state index contributed by atoms with van der Waals surface area (Å²) < 4.78 is 32.9. The third-order valence-corrected chi connectivity index (χ3v) is 6.09. The highest BCUT2D eigenvalue weighted by Crippen LogP contribution is 2.33. The lowest BCUT2D eigenvalue weighted by atomic mass is 10.3. The van der Waals surface area contributed by atoms with Crippen molar-refractivity contribution in [2.24, 2.45) is 0 Å². The van der Waals surface area contributed by atoms with Gasteiger partial charge in [-0.25, -0.2) is 13.4 Å². The smallest absolute Gasteiger partial charge is 0.311 e. The van der Waals surface area contributed by atoms with E-state index < -0.39 is 14.9 Å². The van der Waals surface area contributed by atoms with Gasteiger partial charge in [-0.2, -0.15) is 4.31 Å². The van der Waals surface area contributed by atoms with Crippen LogP contribution in [0.4, 0.5) is 17.2 Å². The molecule has 1 aliphatic rings. The number of rotatable bonds is 7. The molecule has 0 radical (unpaired) electrons. The Morgan fingerprint density at radius 1 is 1.30 bits per heavy atom. The maximum Gasteiger partial charge on any atom is 0.311 e. The van der Waals surface area contributed by atoms with Crippen molar-refractivity contribution < 1.29 is 18.1 Å². The fourth-order valence-electron chi connectivity index (χ4n) is 2.91. The zero-order valence-electron chi connectivity index (χ0n) is 14.8. The quantitative estimate of drug-likeness (QED) is 0.569. The highest BCUT2D eigenvalue weighted by atomic mass is 32.2. The molecule has 0 spiro atoms. The van der Waals surface area contributed by atoms with Crippen molar-refractivity contribution in [2.45, 2.75) is 24.7 Å². The summed E-state index contributed by atoms with van der Waals surface area (Å²) in [4.78, 5) is 14.6. The highest BCUT2D eigenvalue weighted by Gasteiger charge is 2.30. The van der Waals surface area contributed by atoms with Crippen molar-refractivity contribution in [1.82, 2.24) is 9.29 Å². The Morgan fingerprint density at radius 3 is 2.70 bits per heavy atom. The van der Waals surface area contributed by atoms with Gasteiger partial charge in [-0.05, 0) is 44.0 Å². The fraction of sp³-hybridized carbons (Fsp3) is 0.353. The van der Waals surface area contributed by atoms with Gasteiger partial charge in [-0.15, -0.1) is 0 Å². The molecule has 10 heteroatoms. The number of nitro groups is 1. The van der Waals surface area contributed by atoms with E-state index in [1.807, 2.05) is 0 Å². The summed E-state index contributed by atoms with van der Waals surface area (Å²) >= 11 is 0. The van der Waals surface area contributed by atoms with Crippen LogP contribution in [0, 0.1) is 10.1 Å². The van der Waals surface area contributed by atoms with E-state index in [1.54, 1.807) is 19.1 Å². The van der Waals surface area contributed by atoms with Crippen LogP contribution < -0.4 is 10.1 Å². The molecule has 0 amide bonds. The minimum absolute atomic E-state index is 0.0369. The van der Waals surface area contributed by atoms with Gasteiger partial charge in [0.25, 0.3) is 0 Å². The summed E-state index contributed by atoms with van der Waals surface area (Å²) in [5, 5.41) is 14.0. The Hall–Kier alpha value is -2.72. The molecule has 1 fully saturated rings. The predicted octanol–water partition coefficient (Wildman–Crippen LogP) is 2.92. The first kappa shape index (κ1) is 19.1. The van der Waals surface area contributed by atoms with Gasteiger partial charge in [0.15, 0.2) is 0 Å². The first-order valence-corrected chi connectivity index (χ1v) is 10.0. The van der Waals surface area contributed by atoms with Gasteiger partial charge in [0, 0.05) is 31.0 Å². The molecule has 1 aliphatic heterocycles. The zero-order chi connectivity index (χ0) is 19.4. The monoisotopic (exact) mass is 392 g/mol. The van der Waals surface area contributed by atoms with E-state index >= 15 is 0 Å². The maximum atomic E-state index is 13.0. The molecule has 0 saturated carbocycles. The normalized spacial score (nSPS) is 14.9. The van der Waals surface area contributed by atoms with Gasteiger partial charge in [0.05, 0.1) is 11.5 Å². The van der Waals surface area contributed by atoms with Gasteiger partial charge in [-0.3, -0.25) is 10.1 Å². The lowest BCUT2D eigenvalue weighted by Gasteiger charge is -2.19. The van der Waals surface area contributed by atoms with Gasteiger partial charge in [0.1, 0.15) is 10.6 Å². The van der Waals surface area contributed by atoms with E-state index in [4.69, 9.17) is 4.74 Å². The van der Waals surface area contributed by atoms with E-state index in [2.05, 4.69) is 10.3 Å². The molecule has 3 rings (SSSR count). The number of sulfonamides is 1. The average Bonchev–Trinajstić information content (AvgIpc) is 3.19. The topological polar surface area (TPSA) is 115 Å². The SMILES string of the molecule is CCOc1ccc(Nc2ncccc2[N+](=O)[O-])cc1S(=O)(=O)N1CCCC1. The fourth-order valence-corrected chi connectivity index (χ4v) is 4.58. The summed E-state index contributed by atoms with van der Waals surface area (Å²) in [6.45, 7) is 3.03. The molecule has 1 aromatic heterocycles. The molecule has 27 heavy (non-hydrogen) atoms. The Labute approximate surface area is 157 Å². The lowest BCUT2D eigenvalue weighted by molar-refractivity contribution is -0.384. The molecule has 0 bridgehead atoms. The molecular formula is C17H20N4O5S. The second kappa shape index (κ2) is 7.89. The van der Waals surface area contributed by atoms with Crippen molar-refractivity contribution >= 4 is 27.2 Å². The summed E-state index contributed by atoms with van der Waals surface area (Å²) in [5.74, 6) is 0.293. The van der Waals surface area contributed by atoms with Gasteiger partial charge in [0.2, 0.25) is 15.8 Å². The Bertz CT molecular complexity index is 942. The van der Waals surface area contributed by atoms with Crippen molar-refractivity contribution in [3.05, 3.63) is 46.6 Å². The van der Waals surface area contributed by atoms with Crippen molar-refractivity contribution in [1.29, 1.82) is 0 Å². The molecule has 1 N–H and O–H groups in total. The van der Waals surface area contributed by atoms with E-state index in [0.29, 0.717) is 25.4 Å². The number of anilines is 2. The third-order valence-electron chi connectivity index (χ3n) is 4.17. The number of nitrogens with zero attached hydrogens (tertiary/aromatic N) is 3. The molecule has 1 aromatic carbocycles. The summed E-state index contributed by atoms with van der Waals surface area (Å²) in [5.41, 5.74) is 0.174. The molecular weight excluding hydrogens is 372 g/mol. The summed E-state index contributed by atoms with van der Waals surface area (Å²) in [7, 11) is -3.72. The minimum Gasteiger partial charge on any atom is -0.492 e. The number of ether oxygens (including phenoxy) is 1. The van der Waals surface area contributed by atoms with Gasteiger partial charge in [-0.1, -0.05) is 0 Å². The number of benzene rings is 1. The second-order valence-corrected chi connectivity index (χ2v) is 7.87. The van der Waals surface area contributed by atoms with Gasteiger partial charge >= 0.3 is 5.69 Å². The molecule has 2 aromatic rings. The molecule has 0 aliphatic carbocycles.